The minimum absolute atomic E-state index is 0.103. The molecule has 0 nitrogen and oxygen atoms in total. The van der Waals surface area contributed by atoms with Gasteiger partial charge in [0.15, 0.2) is 15.6 Å². The molecule has 0 fully saturated rings. The molecule has 0 radical (unpaired) electrons. The van der Waals surface area contributed by atoms with Crippen LogP contribution < -0.4 is 0 Å². The molecular weight excluding hydrogens is 543 g/mol. The van der Waals surface area contributed by atoms with Gasteiger partial charge in [0, 0.05) is 0 Å². The van der Waals surface area contributed by atoms with E-state index in [9.17, 15) is 13.2 Å². The van der Waals surface area contributed by atoms with E-state index >= 15 is 0 Å². The first kappa shape index (κ1) is 21.2. The summed E-state index contributed by atoms with van der Waals surface area (Å²) in [5.41, 5.74) is -4.34. The van der Waals surface area contributed by atoms with E-state index in [0.29, 0.717) is 0 Å². The number of halogens is 10. The van der Waals surface area contributed by atoms with Crippen molar-refractivity contribution in [2.24, 2.45) is 0 Å². The predicted molar refractivity (Wildman–Crippen MR) is 84.9 cm³/mol. The third kappa shape index (κ3) is 16.4. The molecule has 0 saturated carbocycles. The summed E-state index contributed by atoms with van der Waals surface area (Å²) < 4.78 is 36.0. The van der Waals surface area contributed by atoms with E-state index in [1.807, 2.05) is 0 Å². The van der Waals surface area contributed by atoms with Crippen molar-refractivity contribution in [2.75, 3.05) is 0 Å². The molecule has 114 valence electrons. The van der Waals surface area contributed by atoms with Crippen molar-refractivity contribution in [1.82, 2.24) is 0 Å². The number of rotatable bonds is 1. The number of hydrogen-bond donors (Lipinski definition) is 0. The zero-order chi connectivity index (χ0) is 15.6. The Morgan fingerprint density at radius 1 is 0.842 bits per heavy atom. The second-order valence-corrected chi connectivity index (χ2v) is 62.2. The molecule has 1 aromatic rings. The monoisotopic (exact) mass is 544 g/mol. The first-order valence-corrected chi connectivity index (χ1v) is 25.5. The van der Waals surface area contributed by atoms with E-state index in [-0.39, 0.29) is 4.90 Å². The van der Waals surface area contributed by atoms with E-state index in [2.05, 4.69) is 0 Å². The Morgan fingerprint density at radius 3 is 1.42 bits per heavy atom. The topological polar surface area (TPSA) is 0 Å². The van der Waals surface area contributed by atoms with E-state index in [0.717, 1.165) is 0 Å². The molecule has 1 rings (SSSR count). The normalized spacial score (nSPS) is 17.6. The van der Waals surface area contributed by atoms with Crippen LogP contribution in [0.15, 0.2) is 35.2 Å². The van der Waals surface area contributed by atoms with Crippen LogP contribution in [0.3, 0.4) is 0 Å². The van der Waals surface area contributed by atoms with E-state index in [4.69, 9.17) is 63.7 Å². The maximum atomic E-state index is 12.0. The number of alkyl halides is 3. The Bertz CT molecular complexity index is 403. The molecule has 0 bridgehead atoms. The van der Waals surface area contributed by atoms with Gasteiger partial charge in [-0.25, -0.2) is 0 Å². The summed E-state index contributed by atoms with van der Waals surface area (Å²) in [7, 11) is 28.0. The van der Waals surface area contributed by atoms with Gasteiger partial charge in [-0.05, 0) is 12.1 Å². The molecule has 0 saturated heterocycles. The van der Waals surface area contributed by atoms with Gasteiger partial charge in [0.05, 0.1) is 0 Å². The van der Waals surface area contributed by atoms with Crippen LogP contribution in [0.5, 0.6) is 0 Å². The second-order valence-electron chi connectivity index (χ2n) is 2.97. The molecular formula is C7H5Cl7F3SSb. The molecule has 0 heterocycles. The van der Waals surface area contributed by atoms with Crippen LogP contribution in [-0.2, 0) is 10.1 Å². The van der Waals surface area contributed by atoms with Crippen LogP contribution in [0.25, 0.3) is 0 Å². The Morgan fingerprint density at radius 2 is 1.16 bits per heavy atom. The van der Waals surface area contributed by atoms with Crippen molar-refractivity contribution in [2.45, 2.75) is 10.4 Å². The molecule has 0 amide bonds. The summed E-state index contributed by atoms with van der Waals surface area (Å²) in [4.78, 5) is 0.103. The number of hydrogen-bond acceptors (Lipinski definition) is 0. The van der Waals surface area contributed by atoms with Crippen molar-refractivity contribution < 1.29 is 13.2 Å². The van der Waals surface area contributed by atoms with Gasteiger partial charge in [-0.15, -0.1) is 13.2 Å². The summed E-state index contributed by atoms with van der Waals surface area (Å²) in [6.07, 6.45) is 0. The average molecular weight is 548 g/mol. The first-order valence-electron chi connectivity index (χ1n) is 4.05. The summed E-state index contributed by atoms with van der Waals surface area (Å²) in [5, 5.41) is 0. The van der Waals surface area contributed by atoms with E-state index in [1.165, 1.54) is 24.3 Å². The molecule has 0 aliphatic heterocycles. The van der Waals surface area contributed by atoms with Gasteiger partial charge in [0.2, 0.25) is 0 Å². The van der Waals surface area contributed by atoms with Crippen molar-refractivity contribution in [3.8, 4) is 0 Å². The molecule has 0 aliphatic carbocycles. The van der Waals surface area contributed by atoms with Crippen molar-refractivity contribution in [3.63, 3.8) is 0 Å². The van der Waals surface area contributed by atoms with E-state index in [1.54, 1.807) is 6.07 Å². The van der Waals surface area contributed by atoms with E-state index < -0.39 is 24.8 Å². The van der Waals surface area contributed by atoms with Crippen molar-refractivity contribution >= 4 is 82.9 Å². The van der Waals surface area contributed by atoms with Gasteiger partial charge in [0.1, 0.15) is 0 Å². The van der Waals surface area contributed by atoms with Crippen LogP contribution >= 0.6 is 63.7 Å². The third-order valence-electron chi connectivity index (χ3n) is 1.15. The molecule has 12 heteroatoms. The van der Waals surface area contributed by atoms with Gasteiger partial charge in [0.25, 0.3) is 10.1 Å². The molecule has 0 N–H and O–H groups in total. The molecule has 0 spiro atoms. The standard InChI is InChI=1S/C7H5ClF3S.6ClH.Sb/c8-12(7(9,10)11)6-4-2-1-3-5-6;;;;;;;/h1-5H;6*1H;/q+1;;;;;;;+5/p-6. The fraction of sp³-hybridized carbons (Fsp3) is 0.143. The summed E-state index contributed by atoms with van der Waals surface area (Å²) in [6, 6.07) is 7.44. The van der Waals surface area contributed by atoms with Crippen LogP contribution in [0, 0.1) is 0 Å². The van der Waals surface area contributed by atoms with Crippen molar-refractivity contribution in [1.29, 1.82) is 0 Å². The molecule has 0 aliphatic rings. The molecule has 1 unspecified atom stereocenters. The van der Waals surface area contributed by atoms with Crippen LogP contribution in [0.4, 0.5) is 13.2 Å². The molecule has 19 heavy (non-hydrogen) atoms. The average Bonchev–Trinajstić information content (AvgIpc) is 2.11. The summed E-state index contributed by atoms with van der Waals surface area (Å²) in [5.74, 6) is 0. The summed E-state index contributed by atoms with van der Waals surface area (Å²) in [6.45, 7) is 0. The fourth-order valence-electron chi connectivity index (χ4n) is 0.674. The Labute approximate surface area is 135 Å². The second kappa shape index (κ2) is 6.37. The maximum absolute atomic E-state index is 12.0. The predicted octanol–water partition coefficient (Wildman–Crippen LogP) is 7.09. The van der Waals surface area contributed by atoms with Gasteiger partial charge in [-0.1, -0.05) is 18.2 Å². The molecule has 1 atom stereocenters. The fourth-order valence-corrected chi connectivity index (χ4v) is 1.65. The van der Waals surface area contributed by atoms with Crippen LogP contribution in [0.1, 0.15) is 0 Å². The quantitative estimate of drug-likeness (QED) is 0.260. The van der Waals surface area contributed by atoms with Gasteiger partial charge in [-0.2, -0.15) is 0 Å². The zero-order valence-electron chi connectivity index (χ0n) is 8.52. The summed E-state index contributed by atoms with van der Waals surface area (Å²) >= 11 is 0. The zero-order valence-corrected chi connectivity index (χ0v) is 17.2. The Kier molecular flexibility index (Phi) is 7.11. The first-order chi connectivity index (χ1) is 7.97. The van der Waals surface area contributed by atoms with Crippen LogP contribution in [-0.4, -0.2) is 14.6 Å². The van der Waals surface area contributed by atoms with Crippen molar-refractivity contribution in [3.05, 3.63) is 30.3 Å². The van der Waals surface area contributed by atoms with Crippen LogP contribution in [0.2, 0.25) is 0 Å². The Balaban J connectivity index is 0.000000399. The molecule has 1 aromatic carbocycles. The third-order valence-corrected chi connectivity index (χ3v) is 3.31. The van der Waals surface area contributed by atoms with Gasteiger partial charge < -0.3 is 0 Å². The SMILES string of the molecule is FC(F)(F)[S+](Cl)c1ccccc1.[Cl][Sb-]([Cl])([Cl])([Cl])([Cl])[Cl]. The molecule has 0 aromatic heterocycles. The Hall–Kier alpha value is 2.21. The van der Waals surface area contributed by atoms with Gasteiger partial charge >= 0.3 is 67.6 Å². The van der Waals surface area contributed by atoms with Gasteiger partial charge in [-0.3, -0.25) is 0 Å². The minimum atomic E-state index is -5.42. The number of benzene rings is 1.